The molecule has 1 aromatic heterocycles. The number of aryl methyl sites for hydroxylation is 2. The molecule has 0 unspecified atom stereocenters. The number of benzene rings is 1. The van der Waals surface area contributed by atoms with Crippen LogP contribution in [0.4, 0.5) is 0 Å². The molecule has 1 fully saturated rings. The average Bonchev–Trinajstić information content (AvgIpc) is 2.92. The normalized spacial score (nSPS) is 14.5. The van der Waals surface area contributed by atoms with E-state index in [0.717, 1.165) is 17.1 Å². The maximum atomic E-state index is 12.8. The minimum Gasteiger partial charge on any atom is -0.497 e. The molecule has 0 saturated carbocycles. The maximum Gasteiger partial charge on any atom is 0.257 e. The Morgan fingerprint density at radius 3 is 1.96 bits per heavy atom. The lowest BCUT2D eigenvalue weighted by Crippen LogP contribution is -2.50. The monoisotopic (exact) mass is 356 g/mol. The summed E-state index contributed by atoms with van der Waals surface area (Å²) in [6.45, 7) is 5.84. The van der Waals surface area contributed by atoms with Crippen LogP contribution >= 0.6 is 0 Å². The molecular weight excluding hydrogens is 332 g/mol. The maximum absolute atomic E-state index is 12.8. The van der Waals surface area contributed by atoms with Crippen molar-refractivity contribution in [2.24, 2.45) is 7.05 Å². The smallest absolute Gasteiger partial charge is 0.257 e. The Hall–Kier alpha value is -2.83. The van der Waals surface area contributed by atoms with Crippen LogP contribution in [0.3, 0.4) is 0 Å². The van der Waals surface area contributed by atoms with Crippen LogP contribution in [0.25, 0.3) is 0 Å². The minimum atomic E-state index is -0.0199. The largest absolute Gasteiger partial charge is 0.497 e. The fraction of sp³-hybridized carbons (Fsp3) is 0.421. The standard InChI is InChI=1S/C19H24N4O3/c1-13-17(14(2)21(3)20-13)19(25)23-11-9-22(10-12-23)18(24)15-5-7-16(26-4)8-6-15/h5-8H,9-12H2,1-4H3. The molecule has 0 radical (unpaired) electrons. The summed E-state index contributed by atoms with van der Waals surface area (Å²) in [6.07, 6.45) is 0. The molecule has 1 saturated heterocycles. The van der Waals surface area contributed by atoms with Crippen molar-refractivity contribution < 1.29 is 14.3 Å². The second kappa shape index (κ2) is 7.19. The van der Waals surface area contributed by atoms with Gasteiger partial charge in [0.15, 0.2) is 0 Å². The number of amides is 2. The van der Waals surface area contributed by atoms with Crippen LogP contribution < -0.4 is 4.74 Å². The molecule has 138 valence electrons. The molecule has 1 aliphatic heterocycles. The molecule has 2 heterocycles. The van der Waals surface area contributed by atoms with Crippen molar-refractivity contribution in [1.29, 1.82) is 0 Å². The summed E-state index contributed by atoms with van der Waals surface area (Å²) in [5.41, 5.74) is 2.91. The highest BCUT2D eigenvalue weighted by molar-refractivity contribution is 5.97. The number of piperazine rings is 1. The number of ether oxygens (including phenoxy) is 1. The molecule has 0 bridgehead atoms. The Bertz CT molecular complexity index is 818. The first-order valence-corrected chi connectivity index (χ1v) is 8.65. The first-order valence-electron chi connectivity index (χ1n) is 8.65. The number of aromatic nitrogens is 2. The van der Waals surface area contributed by atoms with Crippen LogP contribution in [0, 0.1) is 13.8 Å². The van der Waals surface area contributed by atoms with Crippen LogP contribution in [0.1, 0.15) is 32.1 Å². The summed E-state index contributed by atoms with van der Waals surface area (Å²) in [6, 6.07) is 7.09. The molecule has 26 heavy (non-hydrogen) atoms. The van der Waals surface area contributed by atoms with E-state index < -0.39 is 0 Å². The molecule has 7 heteroatoms. The van der Waals surface area contributed by atoms with E-state index >= 15 is 0 Å². The number of rotatable bonds is 3. The zero-order chi connectivity index (χ0) is 18.8. The lowest BCUT2D eigenvalue weighted by Gasteiger charge is -2.35. The second-order valence-electron chi connectivity index (χ2n) is 6.48. The van der Waals surface area contributed by atoms with E-state index in [-0.39, 0.29) is 11.8 Å². The molecule has 2 amide bonds. The Morgan fingerprint density at radius 1 is 0.962 bits per heavy atom. The van der Waals surface area contributed by atoms with E-state index in [0.29, 0.717) is 37.3 Å². The number of nitrogens with zero attached hydrogens (tertiary/aromatic N) is 4. The van der Waals surface area contributed by atoms with Gasteiger partial charge in [-0.15, -0.1) is 0 Å². The van der Waals surface area contributed by atoms with Gasteiger partial charge in [0, 0.05) is 44.5 Å². The predicted octanol–water partition coefficient (Wildman–Crippen LogP) is 1.64. The molecule has 7 nitrogen and oxygen atoms in total. The van der Waals surface area contributed by atoms with Crippen molar-refractivity contribution in [2.75, 3.05) is 33.3 Å². The van der Waals surface area contributed by atoms with Crippen molar-refractivity contribution in [3.63, 3.8) is 0 Å². The van der Waals surface area contributed by atoms with E-state index in [1.165, 1.54) is 0 Å². The quantitative estimate of drug-likeness (QED) is 0.839. The van der Waals surface area contributed by atoms with Crippen LogP contribution in [0.5, 0.6) is 5.75 Å². The first kappa shape index (κ1) is 18.0. The summed E-state index contributed by atoms with van der Waals surface area (Å²) >= 11 is 0. The zero-order valence-corrected chi connectivity index (χ0v) is 15.7. The second-order valence-corrected chi connectivity index (χ2v) is 6.48. The van der Waals surface area contributed by atoms with Crippen molar-refractivity contribution in [1.82, 2.24) is 19.6 Å². The van der Waals surface area contributed by atoms with Gasteiger partial charge in [-0.25, -0.2) is 0 Å². The van der Waals surface area contributed by atoms with E-state index in [1.807, 2.05) is 20.9 Å². The highest BCUT2D eigenvalue weighted by atomic mass is 16.5. The lowest BCUT2D eigenvalue weighted by molar-refractivity contribution is 0.0534. The van der Waals surface area contributed by atoms with Gasteiger partial charge >= 0.3 is 0 Å². The highest BCUT2D eigenvalue weighted by Gasteiger charge is 2.28. The Balaban J connectivity index is 1.65. The highest BCUT2D eigenvalue weighted by Crippen LogP contribution is 2.18. The summed E-state index contributed by atoms with van der Waals surface area (Å²) in [4.78, 5) is 29.0. The van der Waals surface area contributed by atoms with Gasteiger partial charge in [-0.05, 0) is 38.1 Å². The molecule has 1 aromatic carbocycles. The van der Waals surface area contributed by atoms with E-state index in [4.69, 9.17) is 4.74 Å². The fourth-order valence-electron chi connectivity index (χ4n) is 3.27. The van der Waals surface area contributed by atoms with Crippen molar-refractivity contribution >= 4 is 11.8 Å². The number of methoxy groups -OCH3 is 1. The van der Waals surface area contributed by atoms with E-state index in [1.54, 1.807) is 45.9 Å². The third-order valence-corrected chi connectivity index (χ3v) is 4.91. The van der Waals surface area contributed by atoms with E-state index in [9.17, 15) is 9.59 Å². The molecule has 0 aliphatic carbocycles. The summed E-state index contributed by atoms with van der Waals surface area (Å²) in [5.74, 6) is 0.692. The topological polar surface area (TPSA) is 67.7 Å². The average molecular weight is 356 g/mol. The van der Waals surface area contributed by atoms with Crippen LogP contribution in [-0.4, -0.2) is 64.7 Å². The SMILES string of the molecule is COc1ccc(C(=O)N2CCN(C(=O)c3c(C)nn(C)c3C)CC2)cc1. The van der Waals surface area contributed by atoms with Gasteiger partial charge in [0.05, 0.1) is 18.4 Å². The molecular formula is C19H24N4O3. The summed E-state index contributed by atoms with van der Waals surface area (Å²) in [5, 5.41) is 4.32. The molecule has 2 aromatic rings. The summed E-state index contributed by atoms with van der Waals surface area (Å²) < 4.78 is 6.85. The van der Waals surface area contributed by atoms with Crippen molar-refractivity contribution in [3.05, 3.63) is 46.8 Å². The van der Waals surface area contributed by atoms with Gasteiger partial charge in [-0.1, -0.05) is 0 Å². The third-order valence-electron chi connectivity index (χ3n) is 4.91. The van der Waals surface area contributed by atoms with Gasteiger partial charge in [0.2, 0.25) is 0 Å². The number of carbonyl (C=O) groups excluding carboxylic acids is 2. The van der Waals surface area contributed by atoms with Crippen molar-refractivity contribution in [2.45, 2.75) is 13.8 Å². The Labute approximate surface area is 153 Å². The van der Waals surface area contributed by atoms with Crippen molar-refractivity contribution in [3.8, 4) is 5.75 Å². The van der Waals surface area contributed by atoms with E-state index in [2.05, 4.69) is 5.10 Å². The van der Waals surface area contributed by atoms with Crippen LogP contribution in [-0.2, 0) is 7.05 Å². The molecule has 1 aliphatic rings. The minimum absolute atomic E-state index is 0.00959. The number of hydrogen-bond acceptors (Lipinski definition) is 4. The van der Waals surface area contributed by atoms with Crippen LogP contribution in [0.15, 0.2) is 24.3 Å². The predicted molar refractivity (Wildman–Crippen MR) is 97.5 cm³/mol. The number of hydrogen-bond donors (Lipinski definition) is 0. The third kappa shape index (κ3) is 3.29. The molecule has 0 N–H and O–H groups in total. The van der Waals surface area contributed by atoms with Crippen LogP contribution in [0.2, 0.25) is 0 Å². The zero-order valence-electron chi connectivity index (χ0n) is 15.7. The lowest BCUT2D eigenvalue weighted by atomic mass is 10.1. The van der Waals surface area contributed by atoms with Gasteiger partial charge in [-0.2, -0.15) is 5.10 Å². The number of carbonyl (C=O) groups is 2. The fourth-order valence-corrected chi connectivity index (χ4v) is 3.27. The molecule has 0 spiro atoms. The first-order chi connectivity index (χ1) is 12.4. The van der Waals surface area contributed by atoms with Gasteiger partial charge < -0.3 is 14.5 Å². The Kier molecular flexibility index (Phi) is 4.97. The Morgan fingerprint density at radius 2 is 1.50 bits per heavy atom. The van der Waals surface area contributed by atoms with Gasteiger partial charge in [-0.3, -0.25) is 14.3 Å². The van der Waals surface area contributed by atoms with Gasteiger partial charge in [0.25, 0.3) is 11.8 Å². The summed E-state index contributed by atoms with van der Waals surface area (Å²) in [7, 11) is 3.43. The molecule has 0 atom stereocenters. The van der Waals surface area contributed by atoms with Gasteiger partial charge in [0.1, 0.15) is 5.75 Å². The molecule has 3 rings (SSSR count).